The molecule has 0 saturated carbocycles. The van der Waals surface area contributed by atoms with Crippen LogP contribution in [0.5, 0.6) is 0 Å². The number of nitrogen functional groups attached to an aromatic ring is 2. The fourth-order valence-electron chi connectivity index (χ4n) is 1.17. The standard InChI is InChI=1S/C6H8N6.C2H6/c1-3-4-5(7)9-2-10-6(4)12(8)11-3;1-2/h2H,8H2,1H3,(H2,7,9,10);1-2H3. The maximum atomic E-state index is 5.61. The van der Waals surface area contributed by atoms with E-state index in [0.29, 0.717) is 11.5 Å². The molecule has 76 valence electrons. The Kier molecular flexibility index (Phi) is 2.85. The molecule has 6 heteroatoms. The summed E-state index contributed by atoms with van der Waals surface area (Å²) in [5, 5.41) is 4.69. The number of hydrogen-bond acceptors (Lipinski definition) is 5. The van der Waals surface area contributed by atoms with E-state index in [1.165, 1.54) is 11.1 Å². The highest BCUT2D eigenvalue weighted by Gasteiger charge is 2.09. The van der Waals surface area contributed by atoms with Gasteiger partial charge < -0.3 is 11.6 Å². The van der Waals surface area contributed by atoms with E-state index in [2.05, 4.69) is 15.1 Å². The Bertz CT molecular complexity index is 433. The minimum atomic E-state index is 0.411. The Morgan fingerprint density at radius 1 is 1.29 bits per heavy atom. The molecule has 2 aromatic rings. The van der Waals surface area contributed by atoms with E-state index in [0.717, 1.165) is 11.1 Å². The average Bonchev–Trinajstić information content (AvgIpc) is 2.47. The molecule has 2 rings (SSSR count). The number of nitrogens with zero attached hydrogens (tertiary/aromatic N) is 4. The molecule has 0 spiro atoms. The van der Waals surface area contributed by atoms with E-state index in [4.69, 9.17) is 11.6 Å². The van der Waals surface area contributed by atoms with E-state index < -0.39 is 0 Å². The van der Waals surface area contributed by atoms with E-state index in [1.54, 1.807) is 0 Å². The number of anilines is 1. The molecular weight excluding hydrogens is 180 g/mol. The van der Waals surface area contributed by atoms with Gasteiger partial charge in [-0.3, -0.25) is 0 Å². The van der Waals surface area contributed by atoms with Gasteiger partial charge in [0.2, 0.25) is 0 Å². The first-order valence-electron chi connectivity index (χ1n) is 4.41. The van der Waals surface area contributed by atoms with Crippen LogP contribution < -0.4 is 11.6 Å². The number of rotatable bonds is 0. The van der Waals surface area contributed by atoms with Gasteiger partial charge in [0.25, 0.3) is 0 Å². The summed E-state index contributed by atoms with van der Waals surface area (Å²) < 4.78 is 0. The summed E-state index contributed by atoms with van der Waals surface area (Å²) in [4.78, 5) is 8.98. The van der Waals surface area contributed by atoms with E-state index in [1.807, 2.05) is 20.8 Å². The predicted molar refractivity (Wildman–Crippen MR) is 56.0 cm³/mol. The smallest absolute Gasteiger partial charge is 0.185 e. The molecule has 0 fully saturated rings. The van der Waals surface area contributed by atoms with Crippen LogP contribution in [0.15, 0.2) is 6.33 Å². The van der Waals surface area contributed by atoms with Crippen molar-refractivity contribution < 1.29 is 0 Å². The van der Waals surface area contributed by atoms with Crippen molar-refractivity contribution in [3.8, 4) is 0 Å². The minimum Gasteiger partial charge on any atom is -0.383 e. The summed E-state index contributed by atoms with van der Waals surface area (Å²) in [6.45, 7) is 5.81. The second-order valence-corrected chi connectivity index (χ2v) is 2.49. The molecule has 0 aliphatic carbocycles. The van der Waals surface area contributed by atoms with Crippen LogP contribution in [0, 0.1) is 6.92 Å². The Balaban J connectivity index is 0.000000461. The summed E-state index contributed by atoms with van der Waals surface area (Å²) >= 11 is 0. The molecule has 0 atom stereocenters. The second kappa shape index (κ2) is 3.91. The normalized spacial score (nSPS) is 9.64. The predicted octanol–water partition coefficient (Wildman–Crippen LogP) is 0.457. The van der Waals surface area contributed by atoms with Crippen LogP contribution in [0.1, 0.15) is 19.5 Å². The van der Waals surface area contributed by atoms with Crippen LogP contribution in [0.4, 0.5) is 5.82 Å². The molecule has 0 unspecified atom stereocenters. The molecule has 0 aromatic carbocycles. The average molecular weight is 194 g/mol. The third kappa shape index (κ3) is 1.46. The molecule has 0 bridgehead atoms. The lowest BCUT2D eigenvalue weighted by Crippen LogP contribution is -2.10. The first-order valence-corrected chi connectivity index (χ1v) is 4.41. The zero-order chi connectivity index (χ0) is 10.7. The monoisotopic (exact) mass is 194 g/mol. The first-order chi connectivity index (χ1) is 6.70. The Labute approximate surface area is 81.9 Å². The zero-order valence-electron chi connectivity index (χ0n) is 8.52. The van der Waals surface area contributed by atoms with Crippen LogP contribution >= 0.6 is 0 Å². The largest absolute Gasteiger partial charge is 0.383 e. The van der Waals surface area contributed by atoms with Crippen molar-refractivity contribution in [1.29, 1.82) is 0 Å². The van der Waals surface area contributed by atoms with Crippen molar-refractivity contribution in [1.82, 2.24) is 19.9 Å². The van der Waals surface area contributed by atoms with E-state index in [-0.39, 0.29) is 0 Å². The Morgan fingerprint density at radius 3 is 2.50 bits per heavy atom. The molecule has 0 saturated heterocycles. The Morgan fingerprint density at radius 2 is 1.93 bits per heavy atom. The van der Waals surface area contributed by atoms with E-state index in [9.17, 15) is 0 Å². The number of aromatic nitrogens is 4. The highest BCUT2D eigenvalue weighted by atomic mass is 15.5. The van der Waals surface area contributed by atoms with Gasteiger partial charge in [-0.25, -0.2) is 9.97 Å². The SMILES string of the molecule is CC.Cc1nn(N)c2ncnc(N)c12. The van der Waals surface area contributed by atoms with Crippen molar-refractivity contribution >= 4 is 16.9 Å². The fourth-order valence-corrected chi connectivity index (χ4v) is 1.17. The topological polar surface area (TPSA) is 95.6 Å². The quantitative estimate of drug-likeness (QED) is 0.594. The highest BCUT2D eigenvalue weighted by molar-refractivity contribution is 5.87. The van der Waals surface area contributed by atoms with Gasteiger partial charge in [-0.15, -0.1) is 0 Å². The van der Waals surface area contributed by atoms with Gasteiger partial charge in [0.15, 0.2) is 5.65 Å². The van der Waals surface area contributed by atoms with Gasteiger partial charge in [0, 0.05) is 0 Å². The first kappa shape index (κ1) is 10.2. The number of hydrogen-bond donors (Lipinski definition) is 2. The summed E-state index contributed by atoms with van der Waals surface area (Å²) in [6, 6.07) is 0. The van der Waals surface area contributed by atoms with Crippen molar-refractivity contribution in [2.24, 2.45) is 0 Å². The van der Waals surface area contributed by atoms with Crippen molar-refractivity contribution in [3.63, 3.8) is 0 Å². The lowest BCUT2D eigenvalue weighted by Gasteiger charge is -1.93. The molecular formula is C8H14N6. The van der Waals surface area contributed by atoms with Crippen LogP contribution in [0.3, 0.4) is 0 Å². The number of nitrogens with two attached hydrogens (primary N) is 2. The van der Waals surface area contributed by atoms with Crippen LogP contribution in [-0.2, 0) is 0 Å². The molecule has 14 heavy (non-hydrogen) atoms. The third-order valence-electron chi connectivity index (χ3n) is 1.69. The van der Waals surface area contributed by atoms with Crippen molar-refractivity contribution in [2.75, 3.05) is 11.6 Å². The van der Waals surface area contributed by atoms with Gasteiger partial charge in [0.1, 0.15) is 12.1 Å². The Hall–Kier alpha value is -1.85. The second-order valence-electron chi connectivity index (χ2n) is 2.49. The van der Waals surface area contributed by atoms with Gasteiger partial charge in [0.05, 0.1) is 11.1 Å². The summed E-state index contributed by atoms with van der Waals surface area (Å²) in [5.41, 5.74) is 6.91. The van der Waals surface area contributed by atoms with Crippen LogP contribution in [0.2, 0.25) is 0 Å². The summed E-state index contributed by atoms with van der Waals surface area (Å²) in [7, 11) is 0. The molecule has 4 N–H and O–H groups in total. The van der Waals surface area contributed by atoms with Gasteiger partial charge in [-0.05, 0) is 6.92 Å². The van der Waals surface area contributed by atoms with Crippen molar-refractivity contribution in [2.45, 2.75) is 20.8 Å². The summed E-state index contributed by atoms with van der Waals surface area (Å²) in [5.74, 6) is 5.92. The maximum absolute atomic E-state index is 5.61. The highest BCUT2D eigenvalue weighted by Crippen LogP contribution is 2.17. The molecule has 2 aromatic heterocycles. The molecule has 6 nitrogen and oxygen atoms in total. The van der Waals surface area contributed by atoms with Crippen molar-refractivity contribution in [3.05, 3.63) is 12.0 Å². The molecule has 0 aliphatic heterocycles. The van der Waals surface area contributed by atoms with Crippen LogP contribution in [0.25, 0.3) is 11.0 Å². The lowest BCUT2D eigenvalue weighted by atomic mass is 10.3. The molecule has 0 amide bonds. The fraction of sp³-hybridized carbons (Fsp3) is 0.375. The lowest BCUT2D eigenvalue weighted by molar-refractivity contribution is 0.832. The maximum Gasteiger partial charge on any atom is 0.185 e. The van der Waals surface area contributed by atoms with Gasteiger partial charge in [-0.2, -0.15) is 9.89 Å². The third-order valence-corrected chi connectivity index (χ3v) is 1.69. The molecule has 2 heterocycles. The minimum absolute atomic E-state index is 0.411. The van der Waals surface area contributed by atoms with Crippen LogP contribution in [-0.4, -0.2) is 19.9 Å². The molecule has 0 aliphatic rings. The van der Waals surface area contributed by atoms with E-state index >= 15 is 0 Å². The number of aryl methyl sites for hydroxylation is 1. The van der Waals surface area contributed by atoms with Gasteiger partial charge in [-0.1, -0.05) is 13.8 Å². The number of fused-ring (bicyclic) bond motifs is 1. The zero-order valence-corrected chi connectivity index (χ0v) is 8.52. The van der Waals surface area contributed by atoms with Gasteiger partial charge >= 0.3 is 0 Å². The summed E-state index contributed by atoms with van der Waals surface area (Å²) in [6.07, 6.45) is 1.36. The molecule has 0 radical (unpaired) electrons.